The highest BCUT2D eigenvalue weighted by Crippen LogP contribution is 2.36. The molecule has 0 aliphatic heterocycles. The van der Waals surface area contributed by atoms with E-state index in [2.05, 4.69) is 10.1 Å². The van der Waals surface area contributed by atoms with Crippen LogP contribution in [0.4, 0.5) is 17.6 Å². The first-order valence-corrected chi connectivity index (χ1v) is 11.1. The average Bonchev–Trinajstić information content (AvgIpc) is 3.62. The first kappa shape index (κ1) is 26.0. The maximum absolute atomic E-state index is 13.3. The van der Waals surface area contributed by atoms with Crippen LogP contribution in [-0.2, 0) is 6.18 Å². The van der Waals surface area contributed by atoms with Crippen LogP contribution < -0.4 is 0 Å². The van der Waals surface area contributed by atoms with Crippen molar-refractivity contribution in [1.29, 1.82) is 0 Å². The molecule has 5 rings (SSSR count). The van der Waals surface area contributed by atoms with E-state index >= 15 is 0 Å². The SMILES string of the molecule is O=C(O)c1ccccc1F.O=C(c1cnc2cnn(C(=O)c3c(Cl)cccc3C(F)(F)F)c2c1)C1CC1. The van der Waals surface area contributed by atoms with Crippen molar-refractivity contribution in [3.05, 3.63) is 94.0 Å². The Kier molecular flexibility index (Phi) is 7.08. The number of ketones is 1. The maximum atomic E-state index is 13.3. The Hall–Kier alpha value is -4.12. The number of aromatic nitrogens is 3. The molecule has 190 valence electrons. The molecule has 0 saturated heterocycles. The normalized spacial score (nSPS) is 13.1. The molecule has 4 aromatic rings. The lowest BCUT2D eigenvalue weighted by atomic mass is 10.1. The third kappa shape index (κ3) is 5.51. The highest BCUT2D eigenvalue weighted by molar-refractivity contribution is 6.34. The number of Topliss-reactive ketones (excluding diaryl/α,β-unsaturated/α-hetero) is 1. The average molecular weight is 534 g/mol. The molecule has 2 heterocycles. The summed E-state index contributed by atoms with van der Waals surface area (Å²) >= 11 is 5.90. The van der Waals surface area contributed by atoms with Crippen LogP contribution >= 0.6 is 11.6 Å². The summed E-state index contributed by atoms with van der Waals surface area (Å²) in [5.41, 5.74) is -1.40. The van der Waals surface area contributed by atoms with E-state index in [0.29, 0.717) is 5.56 Å². The molecule has 0 spiro atoms. The van der Waals surface area contributed by atoms with Gasteiger partial charge >= 0.3 is 12.1 Å². The smallest absolute Gasteiger partial charge is 0.417 e. The van der Waals surface area contributed by atoms with Crippen molar-refractivity contribution in [2.24, 2.45) is 5.92 Å². The number of pyridine rings is 1. The van der Waals surface area contributed by atoms with Crippen LogP contribution in [0.2, 0.25) is 5.02 Å². The minimum atomic E-state index is -4.76. The van der Waals surface area contributed by atoms with Crippen molar-refractivity contribution in [1.82, 2.24) is 14.8 Å². The van der Waals surface area contributed by atoms with Gasteiger partial charge in [-0.05, 0) is 43.2 Å². The zero-order valence-electron chi connectivity index (χ0n) is 18.7. The molecule has 1 aliphatic carbocycles. The van der Waals surface area contributed by atoms with Crippen molar-refractivity contribution >= 4 is 40.3 Å². The molecule has 1 fully saturated rings. The van der Waals surface area contributed by atoms with Gasteiger partial charge in [-0.3, -0.25) is 14.6 Å². The third-order valence-corrected chi connectivity index (χ3v) is 5.80. The fourth-order valence-corrected chi connectivity index (χ4v) is 3.76. The predicted molar refractivity (Wildman–Crippen MR) is 124 cm³/mol. The van der Waals surface area contributed by atoms with Crippen molar-refractivity contribution in [3.63, 3.8) is 0 Å². The van der Waals surface area contributed by atoms with Gasteiger partial charge in [0.05, 0.1) is 33.4 Å². The summed E-state index contributed by atoms with van der Waals surface area (Å²) in [6, 6.07) is 9.80. The number of carbonyl (C=O) groups excluding carboxylic acids is 2. The van der Waals surface area contributed by atoms with E-state index in [4.69, 9.17) is 16.7 Å². The van der Waals surface area contributed by atoms with Gasteiger partial charge in [-0.2, -0.15) is 23.0 Å². The van der Waals surface area contributed by atoms with Crippen LogP contribution in [0.15, 0.2) is 60.9 Å². The first-order chi connectivity index (χ1) is 17.5. The third-order valence-electron chi connectivity index (χ3n) is 5.48. The van der Waals surface area contributed by atoms with E-state index in [1.54, 1.807) is 0 Å². The molecule has 0 unspecified atom stereocenters. The lowest BCUT2D eigenvalue weighted by molar-refractivity contribution is -0.137. The number of carbonyl (C=O) groups is 3. The van der Waals surface area contributed by atoms with E-state index in [1.165, 1.54) is 42.7 Å². The number of hydrogen-bond donors (Lipinski definition) is 1. The van der Waals surface area contributed by atoms with Crippen LogP contribution in [0.5, 0.6) is 0 Å². The Morgan fingerprint density at radius 2 is 1.73 bits per heavy atom. The summed E-state index contributed by atoms with van der Waals surface area (Å²) in [7, 11) is 0. The van der Waals surface area contributed by atoms with E-state index < -0.39 is 35.0 Å². The Morgan fingerprint density at radius 3 is 2.32 bits per heavy atom. The summed E-state index contributed by atoms with van der Waals surface area (Å²) in [6.07, 6.45) is -0.531. The quantitative estimate of drug-likeness (QED) is 0.258. The predicted octanol–water partition coefficient (Wildman–Crippen LogP) is 5.91. The largest absolute Gasteiger partial charge is 0.478 e. The second-order valence-electron chi connectivity index (χ2n) is 8.07. The van der Waals surface area contributed by atoms with Gasteiger partial charge < -0.3 is 5.11 Å². The number of carboxylic acids is 1. The molecular formula is C25H16ClF4N3O4. The molecule has 0 bridgehead atoms. The van der Waals surface area contributed by atoms with E-state index in [-0.39, 0.29) is 33.3 Å². The van der Waals surface area contributed by atoms with Crippen LogP contribution in [0, 0.1) is 11.7 Å². The monoisotopic (exact) mass is 533 g/mol. The summed E-state index contributed by atoms with van der Waals surface area (Å²) < 4.78 is 53.2. The summed E-state index contributed by atoms with van der Waals surface area (Å²) in [4.78, 5) is 39.4. The summed E-state index contributed by atoms with van der Waals surface area (Å²) in [5, 5.41) is 11.9. The highest BCUT2D eigenvalue weighted by Gasteiger charge is 2.37. The molecule has 2 aromatic heterocycles. The lowest BCUT2D eigenvalue weighted by Gasteiger charge is -2.13. The fourth-order valence-electron chi connectivity index (χ4n) is 3.50. The Morgan fingerprint density at radius 1 is 1.03 bits per heavy atom. The molecule has 7 nitrogen and oxygen atoms in total. The van der Waals surface area contributed by atoms with Crippen molar-refractivity contribution in [3.8, 4) is 0 Å². The fraction of sp³-hybridized carbons (Fsp3) is 0.160. The van der Waals surface area contributed by atoms with Gasteiger partial charge in [-0.15, -0.1) is 0 Å². The second kappa shape index (κ2) is 10.1. The maximum Gasteiger partial charge on any atom is 0.417 e. The van der Waals surface area contributed by atoms with Gasteiger partial charge in [-0.25, -0.2) is 9.18 Å². The van der Waals surface area contributed by atoms with Gasteiger partial charge in [0.25, 0.3) is 5.91 Å². The van der Waals surface area contributed by atoms with E-state index in [9.17, 15) is 31.9 Å². The molecule has 1 saturated carbocycles. The Bertz CT molecular complexity index is 1530. The zero-order valence-corrected chi connectivity index (χ0v) is 19.4. The lowest BCUT2D eigenvalue weighted by Crippen LogP contribution is -2.20. The topological polar surface area (TPSA) is 102 Å². The number of alkyl halides is 3. The number of halogens is 5. The number of carboxylic acid groups (broad SMARTS) is 1. The van der Waals surface area contributed by atoms with Gasteiger partial charge in [0.1, 0.15) is 11.3 Å². The minimum Gasteiger partial charge on any atom is -0.478 e. The highest BCUT2D eigenvalue weighted by atomic mass is 35.5. The van der Waals surface area contributed by atoms with Crippen LogP contribution in [0.25, 0.3) is 11.0 Å². The molecule has 37 heavy (non-hydrogen) atoms. The summed E-state index contributed by atoms with van der Waals surface area (Å²) in [5.74, 6) is -3.14. The first-order valence-electron chi connectivity index (χ1n) is 10.7. The minimum absolute atomic E-state index is 0.0586. The number of benzene rings is 2. The zero-order chi connectivity index (χ0) is 26.9. The van der Waals surface area contributed by atoms with Crippen molar-refractivity contribution in [2.75, 3.05) is 0 Å². The molecule has 1 aliphatic rings. The van der Waals surface area contributed by atoms with E-state index in [0.717, 1.165) is 35.7 Å². The van der Waals surface area contributed by atoms with Crippen molar-refractivity contribution < 1.29 is 37.1 Å². The second-order valence-corrected chi connectivity index (χ2v) is 8.48. The molecular weight excluding hydrogens is 518 g/mol. The number of hydrogen-bond acceptors (Lipinski definition) is 5. The molecule has 0 amide bonds. The van der Waals surface area contributed by atoms with E-state index in [1.807, 2.05) is 0 Å². The number of nitrogens with zero attached hydrogens (tertiary/aromatic N) is 3. The van der Waals surface area contributed by atoms with Gasteiger partial charge in [0, 0.05) is 17.7 Å². The Balaban J connectivity index is 0.000000270. The molecule has 1 N–H and O–H groups in total. The van der Waals surface area contributed by atoms with Gasteiger partial charge in [0.2, 0.25) is 0 Å². The summed E-state index contributed by atoms with van der Waals surface area (Å²) in [6.45, 7) is 0. The number of fused-ring (bicyclic) bond motifs is 1. The number of rotatable bonds is 4. The van der Waals surface area contributed by atoms with Crippen molar-refractivity contribution in [2.45, 2.75) is 19.0 Å². The van der Waals surface area contributed by atoms with Crippen LogP contribution in [-0.4, -0.2) is 37.5 Å². The molecule has 12 heteroatoms. The standard InChI is InChI=1S/C18H11ClF3N3O2.C7H5FO2/c19-12-3-1-2-11(18(20,21)22)15(12)17(27)25-14-6-10(16(26)9-4-5-9)7-23-13(14)8-24-25;8-6-4-2-1-3-5(6)7(9)10/h1-3,6-9H,4-5H2;1-4H,(H,9,10). The Labute approximate surface area is 211 Å². The molecule has 0 atom stereocenters. The van der Waals surface area contributed by atoms with Gasteiger partial charge in [-0.1, -0.05) is 29.8 Å². The molecule has 2 aromatic carbocycles. The van der Waals surface area contributed by atoms with Gasteiger partial charge in [0.15, 0.2) is 5.78 Å². The van der Waals surface area contributed by atoms with Crippen LogP contribution in [0.1, 0.15) is 49.5 Å². The molecule has 0 radical (unpaired) electrons. The number of aromatic carboxylic acids is 1. The van der Waals surface area contributed by atoms with Crippen LogP contribution in [0.3, 0.4) is 0 Å².